The van der Waals surface area contributed by atoms with Crippen molar-refractivity contribution in [1.29, 1.82) is 0 Å². The summed E-state index contributed by atoms with van der Waals surface area (Å²) >= 11 is 3.29. The number of nitrogens with zero attached hydrogens (tertiary/aromatic N) is 6. The molecule has 1 aliphatic heterocycles. The Kier molecular flexibility index (Phi) is 6.25. The molecule has 40 heavy (non-hydrogen) atoms. The number of ketones is 1. The van der Waals surface area contributed by atoms with Crippen LogP contribution in [0.3, 0.4) is 0 Å². The first-order valence-electron chi connectivity index (χ1n) is 12.8. The summed E-state index contributed by atoms with van der Waals surface area (Å²) in [6, 6.07) is 7.34. The van der Waals surface area contributed by atoms with Crippen LogP contribution in [0.1, 0.15) is 41.6 Å². The van der Waals surface area contributed by atoms with Gasteiger partial charge in [-0.1, -0.05) is 12.1 Å². The summed E-state index contributed by atoms with van der Waals surface area (Å²) < 4.78 is 17.2. The lowest BCUT2D eigenvalue weighted by Crippen LogP contribution is -2.47. The molecule has 2 amide bonds. The largest absolute Gasteiger partial charge is 0.323 e. The summed E-state index contributed by atoms with van der Waals surface area (Å²) in [5.41, 5.74) is 1.53. The Morgan fingerprint density at radius 3 is 2.58 bits per heavy atom. The van der Waals surface area contributed by atoms with Crippen LogP contribution in [0.2, 0.25) is 0 Å². The minimum Gasteiger partial charge on any atom is -0.323 e. The van der Waals surface area contributed by atoms with Crippen LogP contribution >= 0.6 is 15.9 Å². The van der Waals surface area contributed by atoms with Gasteiger partial charge in [-0.3, -0.25) is 19.1 Å². The second-order valence-corrected chi connectivity index (χ2v) is 11.2. The molecule has 3 atom stereocenters. The number of aryl methyl sites for hydroxylation is 2. The second kappa shape index (κ2) is 9.54. The molecular formula is C28H25BrFN7O3. The lowest BCUT2D eigenvalue weighted by molar-refractivity contribution is -0.138. The van der Waals surface area contributed by atoms with Crippen LogP contribution < -0.4 is 5.32 Å². The average Bonchev–Trinajstić information content (AvgIpc) is 3.28. The number of benzene rings is 1. The highest BCUT2D eigenvalue weighted by Gasteiger charge is 2.68. The monoisotopic (exact) mass is 605 g/mol. The maximum atomic E-state index is 15.2. The van der Waals surface area contributed by atoms with Crippen LogP contribution in [-0.2, 0) is 16.1 Å². The third-order valence-electron chi connectivity index (χ3n) is 7.55. The molecule has 1 saturated carbocycles. The lowest BCUT2D eigenvalue weighted by atomic mass is 10.0. The molecule has 1 N–H and O–H groups in total. The number of amides is 2. The molecule has 0 spiro atoms. The van der Waals surface area contributed by atoms with Crippen molar-refractivity contribution in [1.82, 2.24) is 29.6 Å². The highest BCUT2D eigenvalue weighted by Crippen LogP contribution is 2.55. The number of pyridine rings is 1. The van der Waals surface area contributed by atoms with Crippen LogP contribution in [0.5, 0.6) is 0 Å². The number of nitrogens with one attached hydrogen (secondary N) is 1. The van der Waals surface area contributed by atoms with E-state index in [9.17, 15) is 14.4 Å². The summed E-state index contributed by atoms with van der Waals surface area (Å²) in [6.45, 7) is 4.76. The van der Waals surface area contributed by atoms with E-state index in [1.807, 2.05) is 12.1 Å². The first-order valence-corrected chi connectivity index (χ1v) is 13.6. The van der Waals surface area contributed by atoms with Gasteiger partial charge in [-0.05, 0) is 59.1 Å². The second-order valence-electron chi connectivity index (χ2n) is 10.4. The Balaban J connectivity index is 1.29. The van der Waals surface area contributed by atoms with Crippen LogP contribution in [0, 0.1) is 13.8 Å². The van der Waals surface area contributed by atoms with Crippen molar-refractivity contribution in [2.24, 2.45) is 0 Å². The SMILES string of the molecule is CC(=O)c1nn(CC(=O)N2[C@H](C(=O)Nc3nc(Br)ccc3C)C[C@@]3(F)C[C@@H]23)c2ccc(-c3cnc(C)nc3)cc12. The van der Waals surface area contributed by atoms with E-state index in [4.69, 9.17) is 0 Å². The van der Waals surface area contributed by atoms with Gasteiger partial charge < -0.3 is 10.2 Å². The smallest absolute Gasteiger partial charge is 0.248 e. The van der Waals surface area contributed by atoms with E-state index in [1.165, 1.54) is 16.5 Å². The zero-order valence-electron chi connectivity index (χ0n) is 22.0. The number of carbonyl (C=O) groups is 3. The molecular weight excluding hydrogens is 581 g/mol. The summed E-state index contributed by atoms with van der Waals surface area (Å²) in [4.78, 5) is 53.4. The molecule has 4 aromatic rings. The number of hydrogen-bond acceptors (Lipinski definition) is 7. The number of Topliss-reactive ketones (excluding diaryl/α,β-unsaturated/α-hetero) is 1. The molecule has 1 saturated heterocycles. The van der Waals surface area contributed by atoms with Crippen LogP contribution in [0.25, 0.3) is 22.0 Å². The van der Waals surface area contributed by atoms with Crippen LogP contribution in [0.15, 0.2) is 47.3 Å². The lowest BCUT2D eigenvalue weighted by Gasteiger charge is -2.26. The predicted octanol–water partition coefficient (Wildman–Crippen LogP) is 4.19. The number of likely N-dealkylation sites (tertiary alicyclic amines) is 1. The third-order valence-corrected chi connectivity index (χ3v) is 7.99. The molecule has 204 valence electrons. The zero-order valence-corrected chi connectivity index (χ0v) is 23.6. The van der Waals surface area contributed by atoms with E-state index in [2.05, 4.69) is 41.3 Å². The number of aromatic nitrogens is 5. The Morgan fingerprint density at radius 2 is 1.85 bits per heavy atom. The third kappa shape index (κ3) is 4.55. The fourth-order valence-electron chi connectivity index (χ4n) is 5.36. The molecule has 2 aliphatic rings. The van der Waals surface area contributed by atoms with Gasteiger partial charge in [0, 0.05) is 43.1 Å². The number of hydrogen-bond donors (Lipinski definition) is 1. The highest BCUT2D eigenvalue weighted by atomic mass is 79.9. The van der Waals surface area contributed by atoms with E-state index < -0.39 is 29.6 Å². The Morgan fingerprint density at radius 1 is 1.10 bits per heavy atom. The maximum Gasteiger partial charge on any atom is 0.248 e. The number of halogens is 2. The first kappa shape index (κ1) is 26.2. The number of rotatable bonds is 6. The normalized spacial score (nSPS) is 21.4. The standard InChI is InChI=1S/C28H25BrFN7O3/c1-14-4-7-23(29)33-26(14)34-27(40)21-9-28(30)10-22(28)37(21)24(39)13-36-20-6-5-17(18-11-31-16(3)32-12-18)8-19(20)25(35-36)15(2)38/h4-8,11-12,21-22H,9-10,13H2,1-3H3,(H,33,34,40)/t21-,22+,28+/m0/s1. The van der Waals surface area contributed by atoms with Crippen molar-refractivity contribution < 1.29 is 18.8 Å². The fraction of sp³-hybridized carbons (Fsp3) is 0.321. The van der Waals surface area contributed by atoms with Crippen molar-refractivity contribution in [3.05, 3.63) is 64.4 Å². The van der Waals surface area contributed by atoms with Crippen molar-refractivity contribution in [2.45, 2.75) is 57.9 Å². The number of carbonyl (C=O) groups excluding carboxylic acids is 3. The van der Waals surface area contributed by atoms with Gasteiger partial charge in [0.05, 0.1) is 11.6 Å². The van der Waals surface area contributed by atoms with Gasteiger partial charge >= 0.3 is 0 Å². The topological polar surface area (TPSA) is 123 Å². The van der Waals surface area contributed by atoms with Gasteiger partial charge in [0.2, 0.25) is 11.8 Å². The quantitative estimate of drug-likeness (QED) is 0.258. The Labute approximate surface area is 237 Å². The molecule has 0 bridgehead atoms. The van der Waals surface area contributed by atoms with Gasteiger partial charge in [0.15, 0.2) is 5.78 Å². The zero-order chi connectivity index (χ0) is 28.3. The van der Waals surface area contributed by atoms with Crippen LogP contribution in [0.4, 0.5) is 10.2 Å². The molecule has 1 aliphatic carbocycles. The van der Waals surface area contributed by atoms with E-state index in [0.29, 0.717) is 27.1 Å². The molecule has 3 aromatic heterocycles. The van der Waals surface area contributed by atoms with E-state index in [0.717, 1.165) is 16.7 Å². The number of piperidine rings is 1. The van der Waals surface area contributed by atoms with Crippen LogP contribution in [-0.4, -0.2) is 65.0 Å². The number of alkyl halides is 1. The molecule has 0 unspecified atom stereocenters. The van der Waals surface area contributed by atoms with Gasteiger partial charge in [-0.15, -0.1) is 0 Å². The summed E-state index contributed by atoms with van der Waals surface area (Å²) in [7, 11) is 0. The fourth-order valence-corrected chi connectivity index (χ4v) is 5.66. The summed E-state index contributed by atoms with van der Waals surface area (Å²) in [5, 5.41) is 7.78. The summed E-state index contributed by atoms with van der Waals surface area (Å²) in [5.74, 6) is -0.207. The minimum atomic E-state index is -1.58. The predicted molar refractivity (Wildman–Crippen MR) is 148 cm³/mol. The van der Waals surface area contributed by atoms with Gasteiger partial charge in [-0.25, -0.2) is 19.3 Å². The molecule has 2 fully saturated rings. The molecule has 12 heteroatoms. The highest BCUT2D eigenvalue weighted by molar-refractivity contribution is 9.10. The van der Waals surface area contributed by atoms with Crippen molar-refractivity contribution in [3.63, 3.8) is 0 Å². The molecule has 1 aromatic carbocycles. The average molecular weight is 606 g/mol. The van der Waals surface area contributed by atoms with Gasteiger partial charge in [0.25, 0.3) is 0 Å². The number of anilines is 1. The van der Waals surface area contributed by atoms with Gasteiger partial charge in [0.1, 0.15) is 40.2 Å². The minimum absolute atomic E-state index is 0.0805. The van der Waals surface area contributed by atoms with E-state index in [1.54, 1.807) is 44.4 Å². The Hall–Kier alpha value is -4.06. The first-order chi connectivity index (χ1) is 19.0. The number of fused-ring (bicyclic) bond motifs is 2. The van der Waals surface area contributed by atoms with Crippen molar-refractivity contribution in [2.75, 3.05) is 5.32 Å². The Bertz CT molecular complexity index is 1710. The van der Waals surface area contributed by atoms with E-state index in [-0.39, 0.29) is 30.9 Å². The van der Waals surface area contributed by atoms with Crippen molar-refractivity contribution in [3.8, 4) is 11.1 Å². The van der Waals surface area contributed by atoms with E-state index >= 15 is 4.39 Å². The molecule has 0 radical (unpaired) electrons. The molecule has 6 rings (SSSR count). The summed E-state index contributed by atoms with van der Waals surface area (Å²) in [6.07, 6.45) is 3.51. The van der Waals surface area contributed by atoms with Gasteiger partial charge in [-0.2, -0.15) is 5.10 Å². The van der Waals surface area contributed by atoms with Crippen molar-refractivity contribution >= 4 is 50.2 Å². The molecule has 10 nitrogen and oxygen atoms in total. The maximum absolute atomic E-state index is 15.2. The molecule has 4 heterocycles.